The minimum Gasteiger partial charge on any atom is -0.279 e. The maximum Gasteiger partial charge on any atom is 0.332 e. The largest absolute Gasteiger partial charge is 0.332 e. The van der Waals surface area contributed by atoms with Crippen molar-refractivity contribution in [2.75, 3.05) is 0 Å². The predicted octanol–water partition coefficient (Wildman–Crippen LogP) is 1.49. The van der Waals surface area contributed by atoms with E-state index < -0.39 is 11.2 Å². The van der Waals surface area contributed by atoms with Gasteiger partial charge in [0.25, 0.3) is 5.56 Å². The molecule has 0 fully saturated rings. The molecule has 11 heteroatoms. The Morgan fingerprint density at radius 3 is 2.63 bits per heavy atom. The van der Waals surface area contributed by atoms with Gasteiger partial charge in [-0.3, -0.25) is 13.9 Å². The lowest BCUT2D eigenvalue weighted by molar-refractivity contribution is 0.633. The minimum absolute atomic E-state index is 0.0372. The summed E-state index contributed by atoms with van der Waals surface area (Å²) in [6.07, 6.45) is 0. The highest BCUT2D eigenvalue weighted by Gasteiger charge is 2.20. The number of nitroso groups, excluding NO2 is 1. The van der Waals surface area contributed by atoms with Crippen molar-refractivity contribution in [3.63, 3.8) is 0 Å². The Morgan fingerprint density at radius 2 is 1.89 bits per heavy atom. The second-order valence-corrected chi connectivity index (χ2v) is 6.63. The summed E-state index contributed by atoms with van der Waals surface area (Å²) in [5.74, 6) is 0.314. The zero-order valence-electron chi connectivity index (χ0n) is 14.2. The van der Waals surface area contributed by atoms with Crippen LogP contribution < -0.4 is 11.2 Å². The van der Waals surface area contributed by atoms with E-state index in [4.69, 9.17) is 0 Å². The van der Waals surface area contributed by atoms with E-state index in [0.717, 1.165) is 20.3 Å². The number of hydrogen-bond donors (Lipinski definition) is 0. The molecule has 0 saturated heterocycles. The van der Waals surface area contributed by atoms with E-state index in [0.29, 0.717) is 11.3 Å². The fraction of sp³-hybridized carbons (Fsp3) is 0.188. The van der Waals surface area contributed by atoms with Gasteiger partial charge in [0.05, 0.1) is 17.3 Å². The summed E-state index contributed by atoms with van der Waals surface area (Å²) in [6, 6.07) is 7.47. The monoisotopic (exact) mass is 429 g/mol. The van der Waals surface area contributed by atoms with E-state index in [1.807, 2.05) is 31.2 Å². The van der Waals surface area contributed by atoms with Crippen LogP contribution in [-0.2, 0) is 13.6 Å². The molecule has 3 heterocycles. The second kappa shape index (κ2) is 6.20. The third kappa shape index (κ3) is 2.58. The van der Waals surface area contributed by atoms with E-state index >= 15 is 0 Å². The van der Waals surface area contributed by atoms with Gasteiger partial charge < -0.3 is 0 Å². The Hall–Kier alpha value is -3.21. The molecule has 4 aromatic rings. The number of fused-ring (bicyclic) bond motifs is 2. The van der Waals surface area contributed by atoms with Gasteiger partial charge in [0, 0.05) is 18.1 Å². The zero-order valence-corrected chi connectivity index (χ0v) is 15.8. The van der Waals surface area contributed by atoms with Crippen molar-refractivity contribution in [1.29, 1.82) is 0 Å². The Labute approximate surface area is 159 Å². The summed E-state index contributed by atoms with van der Waals surface area (Å²) < 4.78 is 2.98. The standard InChI is InChI=1S/C16H12BrN7O3/c1-8-9-5-3-4-6-10(9)19-11(18-8)7-23-14(25)12-13(22(2)16(23)26)20-15(17)24(12)21-27/h3-6H,7H2,1-2H3. The van der Waals surface area contributed by atoms with Gasteiger partial charge >= 0.3 is 5.69 Å². The molecule has 0 radical (unpaired) electrons. The first-order valence-electron chi connectivity index (χ1n) is 7.86. The number of aryl methyl sites for hydroxylation is 2. The quantitative estimate of drug-likeness (QED) is 0.359. The topological polar surface area (TPSA) is 117 Å². The number of rotatable bonds is 3. The minimum atomic E-state index is -0.694. The van der Waals surface area contributed by atoms with Crippen LogP contribution >= 0.6 is 15.9 Å². The Morgan fingerprint density at radius 1 is 1.15 bits per heavy atom. The fourth-order valence-electron chi connectivity index (χ4n) is 3.00. The molecule has 0 aliphatic rings. The van der Waals surface area contributed by atoms with Crippen LogP contribution in [0, 0.1) is 11.8 Å². The van der Waals surface area contributed by atoms with Gasteiger partial charge in [0.2, 0.25) is 4.73 Å². The maximum absolute atomic E-state index is 12.9. The van der Waals surface area contributed by atoms with Crippen LogP contribution in [0.3, 0.4) is 0 Å². The molecule has 136 valence electrons. The van der Waals surface area contributed by atoms with Crippen LogP contribution in [0.25, 0.3) is 22.1 Å². The summed E-state index contributed by atoms with van der Waals surface area (Å²) >= 11 is 3.06. The Bertz CT molecular complexity index is 1350. The van der Waals surface area contributed by atoms with Crippen LogP contribution in [-0.4, -0.2) is 28.8 Å². The zero-order chi connectivity index (χ0) is 19.3. The Kier molecular flexibility index (Phi) is 3.95. The molecule has 1 aromatic carbocycles. The Balaban J connectivity index is 1.96. The first-order chi connectivity index (χ1) is 12.9. The van der Waals surface area contributed by atoms with Gasteiger partial charge in [-0.2, -0.15) is 4.68 Å². The third-order valence-electron chi connectivity index (χ3n) is 4.30. The number of imidazole rings is 1. The fourth-order valence-corrected chi connectivity index (χ4v) is 3.41. The van der Waals surface area contributed by atoms with Gasteiger partial charge in [0.1, 0.15) is 5.82 Å². The normalized spacial score (nSPS) is 11.4. The first kappa shape index (κ1) is 17.2. The van der Waals surface area contributed by atoms with Crippen LogP contribution in [0.1, 0.15) is 11.5 Å². The number of hydrogen-bond acceptors (Lipinski definition) is 7. The van der Waals surface area contributed by atoms with Crippen LogP contribution in [0.15, 0.2) is 43.9 Å². The number of para-hydroxylation sites is 1. The highest BCUT2D eigenvalue weighted by molar-refractivity contribution is 9.10. The van der Waals surface area contributed by atoms with Crippen molar-refractivity contribution >= 4 is 38.0 Å². The van der Waals surface area contributed by atoms with Gasteiger partial charge in [-0.15, -0.1) is 4.91 Å². The highest BCUT2D eigenvalue weighted by atomic mass is 79.9. The molecule has 0 bridgehead atoms. The smallest absolute Gasteiger partial charge is 0.279 e. The molecule has 0 N–H and O–H groups in total. The summed E-state index contributed by atoms with van der Waals surface area (Å²) in [7, 11) is 1.46. The van der Waals surface area contributed by atoms with Crippen LogP contribution in [0.2, 0.25) is 0 Å². The molecular weight excluding hydrogens is 418 g/mol. The van der Waals surface area contributed by atoms with E-state index in [9.17, 15) is 14.5 Å². The van der Waals surface area contributed by atoms with Crippen molar-refractivity contribution in [1.82, 2.24) is 28.8 Å². The van der Waals surface area contributed by atoms with Gasteiger partial charge in [0.15, 0.2) is 11.2 Å². The molecule has 0 amide bonds. The van der Waals surface area contributed by atoms with Gasteiger partial charge in [-0.05, 0) is 28.9 Å². The molecule has 0 spiro atoms. The number of nitrogens with zero attached hydrogens (tertiary/aromatic N) is 7. The number of halogens is 1. The molecular formula is C16H12BrN7O3. The van der Waals surface area contributed by atoms with E-state index in [2.05, 4.69) is 36.2 Å². The molecule has 3 aromatic heterocycles. The predicted molar refractivity (Wildman–Crippen MR) is 102 cm³/mol. The molecule has 0 aliphatic carbocycles. The van der Waals surface area contributed by atoms with Crippen molar-refractivity contribution < 1.29 is 0 Å². The lowest BCUT2D eigenvalue weighted by atomic mass is 10.2. The maximum atomic E-state index is 12.9. The van der Waals surface area contributed by atoms with Crippen molar-refractivity contribution in [2.45, 2.75) is 13.5 Å². The molecule has 10 nitrogen and oxygen atoms in total. The van der Waals surface area contributed by atoms with Gasteiger partial charge in [-0.1, -0.05) is 18.2 Å². The molecule has 27 heavy (non-hydrogen) atoms. The van der Waals surface area contributed by atoms with Crippen molar-refractivity contribution in [3.05, 3.63) is 66.3 Å². The molecule has 0 unspecified atom stereocenters. The summed E-state index contributed by atoms with van der Waals surface area (Å²) in [4.78, 5) is 49.5. The van der Waals surface area contributed by atoms with Crippen LogP contribution in [0.4, 0.5) is 0 Å². The highest BCUT2D eigenvalue weighted by Crippen LogP contribution is 2.17. The average Bonchev–Trinajstić information content (AvgIpc) is 3.00. The van der Waals surface area contributed by atoms with Crippen molar-refractivity contribution in [3.8, 4) is 0 Å². The lowest BCUT2D eigenvalue weighted by Gasteiger charge is -2.09. The summed E-state index contributed by atoms with van der Waals surface area (Å²) in [6.45, 7) is 1.69. The van der Waals surface area contributed by atoms with E-state index in [1.165, 1.54) is 11.6 Å². The van der Waals surface area contributed by atoms with Gasteiger partial charge in [-0.25, -0.2) is 19.7 Å². The number of aromatic nitrogens is 6. The molecule has 0 atom stereocenters. The SMILES string of the molecule is Cc1nc(Cn2c(=O)c3c(nc(Br)n3N=O)n(C)c2=O)nc2ccccc12. The third-order valence-corrected chi connectivity index (χ3v) is 4.81. The number of benzene rings is 1. The average molecular weight is 430 g/mol. The molecule has 4 rings (SSSR count). The van der Waals surface area contributed by atoms with Crippen molar-refractivity contribution in [2.24, 2.45) is 12.3 Å². The summed E-state index contributed by atoms with van der Waals surface area (Å²) in [5, 5.41) is 3.68. The molecule has 0 aliphatic heterocycles. The summed E-state index contributed by atoms with van der Waals surface area (Å²) in [5.41, 5.74) is 0.127. The molecule has 0 saturated carbocycles. The van der Waals surface area contributed by atoms with Crippen LogP contribution in [0.5, 0.6) is 0 Å². The first-order valence-corrected chi connectivity index (χ1v) is 8.65. The van der Waals surface area contributed by atoms with E-state index in [1.54, 1.807) is 0 Å². The second-order valence-electron chi connectivity index (χ2n) is 5.92. The van der Waals surface area contributed by atoms with E-state index in [-0.39, 0.29) is 22.4 Å². The lowest BCUT2D eigenvalue weighted by Crippen LogP contribution is -2.40.